The number of nitrogens with one attached hydrogen (secondary N) is 2. The molecule has 5 N–H and O–H groups in total. The van der Waals surface area contributed by atoms with E-state index in [0.717, 1.165) is 0 Å². The molecule has 0 bridgehead atoms. The number of carboxylic acids is 1. The van der Waals surface area contributed by atoms with Crippen LogP contribution in [0.5, 0.6) is 11.5 Å². The van der Waals surface area contributed by atoms with Gasteiger partial charge in [0, 0.05) is 44.0 Å². The highest BCUT2D eigenvalue weighted by Gasteiger charge is 2.25. The van der Waals surface area contributed by atoms with Crippen molar-refractivity contribution in [1.29, 1.82) is 0 Å². The first-order valence-corrected chi connectivity index (χ1v) is 11.9. The van der Waals surface area contributed by atoms with Crippen molar-refractivity contribution in [2.24, 2.45) is 0 Å². The highest BCUT2D eigenvalue weighted by molar-refractivity contribution is 6.01. The van der Waals surface area contributed by atoms with Gasteiger partial charge in [-0.25, -0.2) is 14.0 Å². The average Bonchev–Trinajstić information content (AvgIpc) is 3.08. The van der Waals surface area contributed by atoms with Crippen LogP contribution < -0.4 is 15.5 Å². The second-order valence-electron chi connectivity index (χ2n) is 8.71. The van der Waals surface area contributed by atoms with E-state index in [1.54, 1.807) is 50.5 Å². The lowest BCUT2D eigenvalue weighted by molar-refractivity contribution is -0.139. The van der Waals surface area contributed by atoms with Crippen LogP contribution >= 0.6 is 0 Å². The Morgan fingerprint density at radius 2 is 1.67 bits per heavy atom. The van der Waals surface area contributed by atoms with Crippen LogP contribution in [0.2, 0.25) is 0 Å². The number of aliphatic carboxylic acids is 1. The number of carboxylic acid groups (broad SMARTS) is 1. The molecule has 1 unspecified atom stereocenters. The van der Waals surface area contributed by atoms with Crippen molar-refractivity contribution < 1.29 is 34.1 Å². The fraction of sp³-hybridized carbons (Fsp3) is 0.214. The van der Waals surface area contributed by atoms with Crippen LogP contribution in [-0.4, -0.2) is 71.9 Å². The molecule has 0 spiro atoms. The third-order valence-corrected chi connectivity index (χ3v) is 6.00. The Kier molecular flexibility index (Phi) is 9.27. The number of hydrogen-bond acceptors (Lipinski definition) is 6. The molecule has 0 saturated heterocycles. The maximum Gasteiger partial charge on any atom is 0.328 e. The predicted molar refractivity (Wildman–Crippen MR) is 143 cm³/mol. The standard InChI is InChI=1S/C28H29FN4O6/c1-30-16-18-6-4-7-20(15-21(18)29)33(3)28(39)32(2)19-12-10-17(11-13-19)14-22(27(37)38)31-26(36)25-23(34)8-5-9-24(25)35/h4-5,7-13,15,22,30,34-35H,14,16H2,1-3H3,(H,31,36)(H,37,38). The van der Waals surface area contributed by atoms with Gasteiger partial charge in [-0.1, -0.05) is 18.2 Å². The Morgan fingerprint density at radius 1 is 1.03 bits per heavy atom. The number of hydrogen-bond donors (Lipinski definition) is 5. The number of halogens is 1. The number of likely N-dealkylation sites (N-methyl/N-ethyl adjacent to an activating group) is 2. The first kappa shape index (κ1) is 28.7. The third-order valence-electron chi connectivity index (χ3n) is 6.00. The SMILES string of the molecule is CNCC1=C=CC=C(N(C)C(=O)N(C)c2ccc(CC(NC(=O)c3c(O)cccc3O)C(=O)O)cc2)C=C1F. The zero-order chi connectivity index (χ0) is 28.7. The molecule has 204 valence electrons. The van der Waals surface area contributed by atoms with Crippen LogP contribution in [-0.2, 0) is 11.2 Å². The van der Waals surface area contributed by atoms with Crippen molar-refractivity contribution in [2.75, 3.05) is 32.6 Å². The number of rotatable bonds is 9. The zero-order valence-corrected chi connectivity index (χ0v) is 21.6. The molecule has 10 nitrogen and oxygen atoms in total. The van der Waals surface area contributed by atoms with Crippen LogP contribution in [0, 0.1) is 0 Å². The molecule has 11 heteroatoms. The van der Waals surface area contributed by atoms with Crippen LogP contribution in [0.1, 0.15) is 15.9 Å². The lowest BCUT2D eigenvalue weighted by Gasteiger charge is -2.26. The van der Waals surface area contributed by atoms with Gasteiger partial charge < -0.3 is 26.0 Å². The van der Waals surface area contributed by atoms with Gasteiger partial charge in [-0.2, -0.15) is 0 Å². The van der Waals surface area contributed by atoms with E-state index < -0.39 is 46.8 Å². The Bertz CT molecular complexity index is 1370. The van der Waals surface area contributed by atoms with Crippen LogP contribution in [0.4, 0.5) is 14.9 Å². The highest BCUT2D eigenvalue weighted by Crippen LogP contribution is 2.26. The first-order chi connectivity index (χ1) is 18.5. The maximum absolute atomic E-state index is 14.5. The highest BCUT2D eigenvalue weighted by atomic mass is 19.1. The number of benzene rings is 2. The van der Waals surface area contributed by atoms with Crippen LogP contribution in [0.15, 0.2) is 83.5 Å². The number of carbonyl (C=O) groups excluding carboxylic acids is 2. The molecule has 0 aromatic heterocycles. The fourth-order valence-corrected chi connectivity index (χ4v) is 3.81. The van der Waals surface area contributed by atoms with Crippen LogP contribution in [0.25, 0.3) is 0 Å². The zero-order valence-electron chi connectivity index (χ0n) is 21.6. The maximum atomic E-state index is 14.5. The molecular weight excluding hydrogens is 507 g/mol. The molecule has 0 radical (unpaired) electrons. The van der Waals surface area contributed by atoms with E-state index in [1.165, 1.54) is 41.1 Å². The second kappa shape index (κ2) is 12.6. The number of phenolic OH excluding ortho intramolecular Hbond substituents is 2. The summed E-state index contributed by atoms with van der Waals surface area (Å²) in [5.41, 5.74) is 4.12. The molecule has 2 aromatic carbocycles. The summed E-state index contributed by atoms with van der Waals surface area (Å²) in [7, 11) is 4.75. The number of aromatic hydroxyl groups is 2. The molecule has 1 aliphatic carbocycles. The Morgan fingerprint density at radius 3 is 2.26 bits per heavy atom. The Balaban J connectivity index is 1.69. The summed E-state index contributed by atoms with van der Waals surface area (Å²) in [6.07, 6.45) is 4.28. The summed E-state index contributed by atoms with van der Waals surface area (Å²) in [6.45, 7) is 0.285. The molecule has 1 atom stereocenters. The van der Waals surface area contributed by atoms with Gasteiger partial charge in [0.2, 0.25) is 0 Å². The van der Waals surface area contributed by atoms with Crippen molar-refractivity contribution in [3.8, 4) is 11.5 Å². The summed E-state index contributed by atoms with van der Waals surface area (Å²) in [4.78, 5) is 40.0. The van der Waals surface area contributed by atoms with E-state index in [2.05, 4.69) is 16.4 Å². The van der Waals surface area contributed by atoms with Gasteiger partial charge in [-0.3, -0.25) is 14.6 Å². The van der Waals surface area contributed by atoms with Gasteiger partial charge in [0.05, 0.1) is 0 Å². The van der Waals surface area contributed by atoms with Crippen molar-refractivity contribution in [1.82, 2.24) is 15.5 Å². The topological polar surface area (TPSA) is 142 Å². The number of nitrogens with zero attached hydrogens (tertiary/aromatic N) is 2. The molecular formula is C28H29FN4O6. The summed E-state index contributed by atoms with van der Waals surface area (Å²) < 4.78 is 14.5. The minimum absolute atomic E-state index is 0.0987. The van der Waals surface area contributed by atoms with E-state index in [9.17, 15) is 34.1 Å². The number of urea groups is 1. The second-order valence-corrected chi connectivity index (χ2v) is 8.71. The average molecular weight is 537 g/mol. The molecule has 0 aliphatic heterocycles. The van der Waals surface area contributed by atoms with E-state index in [0.29, 0.717) is 22.5 Å². The number of carbonyl (C=O) groups is 3. The minimum Gasteiger partial charge on any atom is -0.507 e. The monoisotopic (exact) mass is 536 g/mol. The number of anilines is 1. The van der Waals surface area contributed by atoms with Crippen molar-refractivity contribution in [3.05, 3.63) is 94.6 Å². The first-order valence-electron chi connectivity index (χ1n) is 11.9. The van der Waals surface area contributed by atoms with Gasteiger partial charge in [-0.15, -0.1) is 5.73 Å². The lowest BCUT2D eigenvalue weighted by atomic mass is 10.0. The molecule has 0 heterocycles. The fourth-order valence-electron chi connectivity index (χ4n) is 3.81. The van der Waals surface area contributed by atoms with Crippen molar-refractivity contribution in [2.45, 2.75) is 12.5 Å². The van der Waals surface area contributed by atoms with Gasteiger partial charge in [0.1, 0.15) is 28.9 Å². The number of allylic oxidation sites excluding steroid dienone is 2. The molecule has 39 heavy (non-hydrogen) atoms. The predicted octanol–water partition coefficient (Wildman–Crippen LogP) is 3.06. The van der Waals surface area contributed by atoms with Gasteiger partial charge in [0.15, 0.2) is 0 Å². The lowest BCUT2D eigenvalue weighted by Crippen LogP contribution is -2.42. The van der Waals surface area contributed by atoms with Crippen LogP contribution in [0.3, 0.4) is 0 Å². The van der Waals surface area contributed by atoms with E-state index in [4.69, 9.17) is 0 Å². The number of phenols is 2. The molecule has 0 fully saturated rings. The summed E-state index contributed by atoms with van der Waals surface area (Å²) in [5.74, 6) is -3.72. The Hall–Kier alpha value is -4.86. The molecule has 2 aromatic rings. The number of amides is 3. The molecule has 1 aliphatic rings. The van der Waals surface area contributed by atoms with E-state index in [1.807, 2.05) is 0 Å². The summed E-state index contributed by atoms with van der Waals surface area (Å²) >= 11 is 0. The summed E-state index contributed by atoms with van der Waals surface area (Å²) in [5, 5.41) is 34.5. The van der Waals surface area contributed by atoms with Gasteiger partial charge in [-0.05, 0) is 55.1 Å². The van der Waals surface area contributed by atoms with Gasteiger partial charge >= 0.3 is 12.0 Å². The smallest absolute Gasteiger partial charge is 0.328 e. The molecule has 3 rings (SSSR count). The van der Waals surface area contributed by atoms with E-state index in [-0.39, 0.29) is 13.0 Å². The molecule has 0 saturated carbocycles. The largest absolute Gasteiger partial charge is 0.507 e. The third kappa shape index (κ3) is 6.92. The van der Waals surface area contributed by atoms with E-state index >= 15 is 0 Å². The summed E-state index contributed by atoms with van der Waals surface area (Å²) in [6, 6.07) is 8.39. The molecule has 3 amide bonds. The normalized spacial score (nSPS) is 13.4. The minimum atomic E-state index is -1.36. The quantitative estimate of drug-likeness (QED) is 0.310. The van der Waals surface area contributed by atoms with Crippen molar-refractivity contribution in [3.63, 3.8) is 0 Å². The van der Waals surface area contributed by atoms with Crippen molar-refractivity contribution >= 4 is 23.6 Å². The Labute approximate surface area is 224 Å². The van der Waals surface area contributed by atoms with Gasteiger partial charge in [0.25, 0.3) is 5.91 Å².